The van der Waals surface area contributed by atoms with Gasteiger partial charge in [0.25, 0.3) is 0 Å². The van der Waals surface area contributed by atoms with E-state index >= 15 is 0 Å². The molecule has 1 fully saturated rings. The van der Waals surface area contributed by atoms with Crippen LogP contribution < -0.4 is 14.2 Å². The Bertz CT molecular complexity index is 2030. The molecule has 7 nitrogen and oxygen atoms in total. The van der Waals surface area contributed by atoms with Crippen LogP contribution in [0.15, 0.2) is 109 Å². The molecule has 54 heavy (non-hydrogen) atoms. The first kappa shape index (κ1) is 38.6. The van der Waals surface area contributed by atoms with Crippen molar-refractivity contribution in [2.24, 2.45) is 0 Å². The fraction of sp³-hybridized carbons (Fsp3) is 0.304. The lowest BCUT2D eigenvalue weighted by molar-refractivity contribution is -0.128. The first-order chi connectivity index (χ1) is 26.0. The van der Waals surface area contributed by atoms with Gasteiger partial charge >= 0.3 is 0 Å². The van der Waals surface area contributed by atoms with Crippen molar-refractivity contribution in [1.29, 1.82) is 0 Å². The van der Waals surface area contributed by atoms with Crippen molar-refractivity contribution < 1.29 is 19.0 Å². The van der Waals surface area contributed by atoms with E-state index in [1.165, 1.54) is 16.7 Å². The molecule has 8 heteroatoms. The fourth-order valence-corrected chi connectivity index (χ4v) is 6.69. The molecule has 1 aliphatic heterocycles. The maximum absolute atomic E-state index is 13.6. The van der Waals surface area contributed by atoms with Crippen LogP contribution in [0.25, 0.3) is 5.57 Å². The molecular formula is C46H50ClN3O4. The highest BCUT2D eigenvalue weighted by atomic mass is 35.5. The Balaban J connectivity index is 0.983. The summed E-state index contributed by atoms with van der Waals surface area (Å²) in [7, 11) is 0. The number of ether oxygens (including phenoxy) is 3. The number of aromatic nitrogens is 1. The highest BCUT2D eigenvalue weighted by Gasteiger charge is 2.24. The lowest BCUT2D eigenvalue weighted by Crippen LogP contribution is -2.48. The Morgan fingerprint density at radius 3 is 1.94 bits per heavy atom. The quantitative estimate of drug-likeness (QED) is 0.112. The lowest BCUT2D eigenvalue weighted by Gasteiger charge is -2.35. The molecule has 6 rings (SSSR count). The molecule has 1 aromatic heterocycles. The highest BCUT2D eigenvalue weighted by molar-refractivity contribution is 6.32. The summed E-state index contributed by atoms with van der Waals surface area (Å²) in [6.45, 7) is 17.1. The van der Waals surface area contributed by atoms with Crippen LogP contribution in [0.2, 0.25) is 5.02 Å². The second-order valence-electron chi connectivity index (χ2n) is 14.5. The lowest BCUT2D eigenvalue weighted by atomic mass is 9.99. The molecule has 280 valence electrons. The maximum atomic E-state index is 13.6. The third-order valence-corrected chi connectivity index (χ3v) is 10.3. The number of hydrogen-bond acceptors (Lipinski definition) is 6. The van der Waals surface area contributed by atoms with Crippen LogP contribution >= 0.6 is 11.6 Å². The Morgan fingerprint density at radius 1 is 0.759 bits per heavy atom. The Labute approximate surface area is 325 Å². The smallest absolute Gasteiger partial charge is 0.249 e. The first-order valence-corrected chi connectivity index (χ1v) is 19.0. The van der Waals surface area contributed by atoms with Crippen LogP contribution in [0.3, 0.4) is 0 Å². The number of halogens is 1. The number of hydrogen-bond donors (Lipinski definition) is 0. The largest absolute Gasteiger partial charge is 0.489 e. The minimum Gasteiger partial charge on any atom is -0.489 e. The number of carbonyl (C=O) groups excluding carboxylic acids is 1. The van der Waals surface area contributed by atoms with Crippen LogP contribution in [0.4, 0.5) is 0 Å². The van der Waals surface area contributed by atoms with Crippen LogP contribution in [0.1, 0.15) is 72.6 Å². The molecule has 0 saturated carbocycles. The fourth-order valence-electron chi connectivity index (χ4n) is 6.38. The number of allylic oxidation sites excluding steroid dienone is 1. The minimum atomic E-state index is 0.0540. The molecule has 0 N–H and O–H groups in total. The average Bonchev–Trinajstić information content (AvgIpc) is 3.18. The van der Waals surface area contributed by atoms with Crippen molar-refractivity contribution in [3.8, 4) is 23.1 Å². The first-order valence-electron chi connectivity index (χ1n) is 18.6. The van der Waals surface area contributed by atoms with Crippen molar-refractivity contribution in [2.45, 2.75) is 67.2 Å². The molecule has 4 aromatic carbocycles. The van der Waals surface area contributed by atoms with Gasteiger partial charge in [0.05, 0.1) is 11.2 Å². The Morgan fingerprint density at radius 2 is 1.35 bits per heavy atom. The zero-order chi connectivity index (χ0) is 38.2. The average molecular weight is 744 g/mol. The molecule has 1 aliphatic rings. The number of rotatable bonds is 13. The number of pyridine rings is 1. The normalized spacial score (nSPS) is 13.8. The Hall–Kier alpha value is -5.11. The van der Waals surface area contributed by atoms with Gasteiger partial charge in [0.1, 0.15) is 24.7 Å². The molecule has 0 spiro atoms. The van der Waals surface area contributed by atoms with Gasteiger partial charge in [0.2, 0.25) is 11.8 Å². The van der Waals surface area contributed by atoms with Crippen LogP contribution in [-0.4, -0.2) is 46.9 Å². The van der Waals surface area contributed by atoms with Gasteiger partial charge in [-0.1, -0.05) is 91.7 Å². The molecule has 0 bridgehead atoms. The summed E-state index contributed by atoms with van der Waals surface area (Å²) in [5.74, 6) is 3.04. The molecule has 1 amide bonds. The number of nitrogens with zero attached hydrogens (tertiary/aromatic N) is 3. The highest BCUT2D eigenvalue weighted by Crippen LogP contribution is 2.36. The van der Waals surface area contributed by atoms with Crippen molar-refractivity contribution in [3.63, 3.8) is 0 Å². The zero-order valence-corrected chi connectivity index (χ0v) is 33.0. The van der Waals surface area contributed by atoms with E-state index < -0.39 is 0 Å². The SMILES string of the molecule is CC(C(=O)N1CCN(Cc2ccc(COc3ccc(C(C)C)cc3)cc2)CC1)=C(C)c1cc(C)c(Oc2ccc(OCc3ccc(C)cc3)cn2)c(Cl)c1. The molecule has 5 aromatic rings. The molecule has 2 heterocycles. The van der Waals surface area contributed by atoms with Crippen molar-refractivity contribution in [3.05, 3.63) is 153 Å². The van der Waals surface area contributed by atoms with Crippen LogP contribution in [0, 0.1) is 13.8 Å². The van der Waals surface area contributed by atoms with Gasteiger partial charge in [-0.05, 0) is 103 Å². The van der Waals surface area contributed by atoms with Gasteiger partial charge in [0, 0.05) is 44.4 Å². The number of benzene rings is 4. The Kier molecular flexibility index (Phi) is 12.7. The van der Waals surface area contributed by atoms with E-state index in [-0.39, 0.29) is 5.91 Å². The van der Waals surface area contributed by atoms with E-state index in [2.05, 4.69) is 91.3 Å². The van der Waals surface area contributed by atoms with E-state index in [9.17, 15) is 4.79 Å². The van der Waals surface area contributed by atoms with Crippen molar-refractivity contribution in [2.75, 3.05) is 26.2 Å². The summed E-state index contributed by atoms with van der Waals surface area (Å²) in [6.07, 6.45) is 1.64. The predicted octanol–water partition coefficient (Wildman–Crippen LogP) is 10.6. The summed E-state index contributed by atoms with van der Waals surface area (Å²) >= 11 is 6.76. The van der Waals surface area contributed by atoms with Gasteiger partial charge in [-0.15, -0.1) is 0 Å². The van der Waals surface area contributed by atoms with Gasteiger partial charge in [0.15, 0.2) is 5.75 Å². The van der Waals surface area contributed by atoms with Crippen LogP contribution in [-0.2, 0) is 24.6 Å². The van der Waals surface area contributed by atoms with E-state index in [0.717, 1.165) is 53.2 Å². The van der Waals surface area contributed by atoms with E-state index in [4.69, 9.17) is 25.8 Å². The minimum absolute atomic E-state index is 0.0540. The van der Waals surface area contributed by atoms with Gasteiger partial charge < -0.3 is 19.1 Å². The second kappa shape index (κ2) is 17.8. The second-order valence-corrected chi connectivity index (χ2v) is 14.9. The summed E-state index contributed by atoms with van der Waals surface area (Å²) in [5.41, 5.74) is 9.35. The van der Waals surface area contributed by atoms with Crippen molar-refractivity contribution >= 4 is 23.1 Å². The van der Waals surface area contributed by atoms with E-state index in [1.54, 1.807) is 12.3 Å². The maximum Gasteiger partial charge on any atom is 0.249 e. The third kappa shape index (κ3) is 10.1. The summed E-state index contributed by atoms with van der Waals surface area (Å²) in [5, 5.41) is 0.455. The van der Waals surface area contributed by atoms with Crippen LogP contribution in [0.5, 0.6) is 23.1 Å². The third-order valence-electron chi connectivity index (χ3n) is 10.0. The predicted molar refractivity (Wildman–Crippen MR) is 217 cm³/mol. The number of piperazine rings is 1. The molecular weight excluding hydrogens is 694 g/mol. The zero-order valence-electron chi connectivity index (χ0n) is 32.2. The number of amides is 1. The summed E-state index contributed by atoms with van der Waals surface area (Å²) in [4.78, 5) is 22.4. The summed E-state index contributed by atoms with van der Waals surface area (Å²) in [6, 6.07) is 32.7. The van der Waals surface area contributed by atoms with Gasteiger partial charge in [-0.3, -0.25) is 9.69 Å². The monoisotopic (exact) mass is 743 g/mol. The molecule has 0 aliphatic carbocycles. The van der Waals surface area contributed by atoms with E-state index in [0.29, 0.717) is 60.2 Å². The van der Waals surface area contributed by atoms with Gasteiger partial charge in [-0.25, -0.2) is 4.98 Å². The summed E-state index contributed by atoms with van der Waals surface area (Å²) < 4.78 is 18.0. The number of aryl methyl sites for hydroxylation is 2. The van der Waals surface area contributed by atoms with Crippen molar-refractivity contribution in [1.82, 2.24) is 14.8 Å². The number of carbonyl (C=O) groups is 1. The topological polar surface area (TPSA) is 64.1 Å². The molecule has 0 radical (unpaired) electrons. The van der Waals surface area contributed by atoms with E-state index in [1.807, 2.05) is 56.0 Å². The standard InChI is InChI=1S/C46H50ClN3O4/c1-31(2)39-15-17-41(18-16-39)52-29-38-13-11-36(12-14-38)28-49-21-23-50(24-22-49)46(51)35(6)34(5)40-25-33(4)45(43(47)26-40)54-44-20-19-42(27-48-44)53-30-37-9-7-32(3)8-10-37/h7-20,25-27,31H,21-24,28-30H2,1-6H3. The molecule has 0 atom stereocenters. The molecule has 1 saturated heterocycles. The van der Waals surface area contributed by atoms with Gasteiger partial charge in [-0.2, -0.15) is 0 Å². The molecule has 0 unspecified atom stereocenters.